The Morgan fingerprint density at radius 1 is 1.12 bits per heavy atom. The van der Waals surface area contributed by atoms with Gasteiger partial charge in [-0.15, -0.1) is 11.3 Å². The fourth-order valence-corrected chi connectivity index (χ4v) is 3.85. The Hall–Kier alpha value is -2.92. The molecular formula is C21H19N3OS. The number of nitrogens with zero attached hydrogens (tertiary/aromatic N) is 1. The van der Waals surface area contributed by atoms with Crippen molar-refractivity contribution in [2.24, 2.45) is 0 Å². The first-order valence-electron chi connectivity index (χ1n) is 8.57. The number of hydrogen-bond acceptors (Lipinski definition) is 3. The monoisotopic (exact) mass is 361 g/mol. The first kappa shape index (κ1) is 16.5. The van der Waals surface area contributed by atoms with Gasteiger partial charge in [-0.3, -0.25) is 4.79 Å². The molecule has 0 fully saturated rings. The van der Waals surface area contributed by atoms with Crippen LogP contribution in [-0.4, -0.2) is 15.9 Å². The van der Waals surface area contributed by atoms with E-state index in [0.29, 0.717) is 11.6 Å². The zero-order valence-electron chi connectivity index (χ0n) is 14.5. The highest BCUT2D eigenvalue weighted by atomic mass is 32.1. The molecule has 1 amide bonds. The first-order valence-corrected chi connectivity index (χ1v) is 9.45. The molecule has 0 bridgehead atoms. The normalized spacial score (nSPS) is 11.0. The first-order chi connectivity index (χ1) is 12.7. The summed E-state index contributed by atoms with van der Waals surface area (Å²) >= 11 is 1.46. The minimum absolute atomic E-state index is 0.00889. The van der Waals surface area contributed by atoms with Crippen LogP contribution >= 0.6 is 11.3 Å². The number of hydrogen-bond donors (Lipinski definition) is 2. The van der Waals surface area contributed by atoms with Crippen molar-refractivity contribution in [2.75, 3.05) is 5.32 Å². The molecule has 130 valence electrons. The second-order valence-electron chi connectivity index (χ2n) is 6.24. The van der Waals surface area contributed by atoms with Gasteiger partial charge >= 0.3 is 0 Å². The molecule has 5 heteroatoms. The van der Waals surface area contributed by atoms with Crippen LogP contribution in [0.2, 0.25) is 0 Å². The van der Waals surface area contributed by atoms with Crippen LogP contribution in [0.1, 0.15) is 17.7 Å². The zero-order chi connectivity index (χ0) is 17.9. The second kappa shape index (κ2) is 7.14. The highest BCUT2D eigenvalue weighted by Gasteiger charge is 2.14. The van der Waals surface area contributed by atoms with Gasteiger partial charge in [-0.2, -0.15) is 0 Å². The van der Waals surface area contributed by atoms with Crippen molar-refractivity contribution in [2.45, 2.75) is 19.8 Å². The quantitative estimate of drug-likeness (QED) is 0.515. The lowest BCUT2D eigenvalue weighted by atomic mass is 10.1. The summed E-state index contributed by atoms with van der Waals surface area (Å²) in [6, 6.07) is 18.2. The predicted molar refractivity (Wildman–Crippen MR) is 108 cm³/mol. The Labute approximate surface area is 155 Å². The molecule has 4 rings (SSSR count). The van der Waals surface area contributed by atoms with E-state index >= 15 is 0 Å². The van der Waals surface area contributed by atoms with Crippen LogP contribution in [0, 0.1) is 6.92 Å². The number of para-hydroxylation sites is 1. The number of aromatic nitrogens is 2. The van der Waals surface area contributed by atoms with E-state index in [-0.39, 0.29) is 5.91 Å². The van der Waals surface area contributed by atoms with Crippen LogP contribution in [0.15, 0.2) is 60.0 Å². The number of anilines is 1. The largest absolute Gasteiger partial charge is 0.358 e. The standard InChI is InChI=1S/C21H19N3OS/c1-14-20(16-9-5-6-10-17(16)22-14)18-13-26-21(23-18)24-19(25)12-11-15-7-3-2-4-8-15/h2-10,13,22H,11-12H2,1H3,(H,23,24,25). The molecule has 0 saturated carbocycles. The van der Waals surface area contributed by atoms with Gasteiger partial charge in [-0.05, 0) is 25.0 Å². The maximum absolute atomic E-state index is 12.2. The molecule has 0 radical (unpaired) electrons. The molecule has 2 heterocycles. The number of amides is 1. The number of fused-ring (bicyclic) bond motifs is 1. The lowest BCUT2D eigenvalue weighted by Crippen LogP contribution is -2.12. The Balaban J connectivity index is 1.47. The second-order valence-corrected chi connectivity index (χ2v) is 7.10. The van der Waals surface area contributed by atoms with Crippen molar-refractivity contribution in [3.05, 3.63) is 71.2 Å². The smallest absolute Gasteiger partial charge is 0.226 e. The summed E-state index contributed by atoms with van der Waals surface area (Å²) in [5, 5.41) is 6.71. The fraction of sp³-hybridized carbons (Fsp3) is 0.143. The van der Waals surface area contributed by atoms with Crippen LogP contribution in [-0.2, 0) is 11.2 Å². The topological polar surface area (TPSA) is 57.8 Å². The van der Waals surface area contributed by atoms with Gasteiger partial charge in [0.2, 0.25) is 5.91 Å². The molecule has 4 nitrogen and oxygen atoms in total. The summed E-state index contributed by atoms with van der Waals surface area (Å²) in [7, 11) is 0. The van der Waals surface area contributed by atoms with Crippen molar-refractivity contribution in [3.63, 3.8) is 0 Å². The van der Waals surface area contributed by atoms with E-state index in [4.69, 9.17) is 0 Å². The van der Waals surface area contributed by atoms with Gasteiger partial charge < -0.3 is 10.3 Å². The van der Waals surface area contributed by atoms with Crippen LogP contribution in [0.3, 0.4) is 0 Å². The minimum atomic E-state index is -0.00889. The van der Waals surface area contributed by atoms with Crippen LogP contribution < -0.4 is 5.32 Å². The van der Waals surface area contributed by atoms with E-state index < -0.39 is 0 Å². The number of carbonyl (C=O) groups excluding carboxylic acids is 1. The summed E-state index contributed by atoms with van der Waals surface area (Å²) in [5.41, 5.74) is 5.33. The van der Waals surface area contributed by atoms with Gasteiger partial charge in [0.05, 0.1) is 5.69 Å². The van der Waals surface area contributed by atoms with E-state index in [1.165, 1.54) is 11.3 Å². The third kappa shape index (κ3) is 3.39. The fourth-order valence-electron chi connectivity index (χ4n) is 3.14. The average Bonchev–Trinajstić information content (AvgIpc) is 3.23. The van der Waals surface area contributed by atoms with E-state index in [1.807, 2.05) is 54.8 Å². The number of benzene rings is 2. The molecule has 0 aliphatic carbocycles. The van der Waals surface area contributed by atoms with E-state index in [9.17, 15) is 4.79 Å². The summed E-state index contributed by atoms with van der Waals surface area (Å²) in [6.45, 7) is 2.05. The minimum Gasteiger partial charge on any atom is -0.358 e. The number of thiazole rings is 1. The Bertz CT molecular complexity index is 1050. The molecule has 0 unspecified atom stereocenters. The third-order valence-electron chi connectivity index (χ3n) is 4.38. The van der Waals surface area contributed by atoms with E-state index in [0.717, 1.165) is 39.8 Å². The van der Waals surface area contributed by atoms with Gasteiger partial charge in [0.25, 0.3) is 0 Å². The molecule has 0 saturated heterocycles. The summed E-state index contributed by atoms with van der Waals surface area (Å²) in [5.74, 6) is -0.00889. The average molecular weight is 361 g/mol. The van der Waals surface area contributed by atoms with Gasteiger partial charge in [0.1, 0.15) is 0 Å². The number of rotatable bonds is 5. The molecule has 0 aliphatic heterocycles. The van der Waals surface area contributed by atoms with Gasteiger partial charge in [0, 0.05) is 34.0 Å². The Morgan fingerprint density at radius 2 is 1.88 bits per heavy atom. The SMILES string of the molecule is Cc1[nH]c2ccccc2c1-c1csc(NC(=O)CCc2ccccc2)n1. The Morgan fingerprint density at radius 3 is 2.73 bits per heavy atom. The van der Waals surface area contributed by atoms with Gasteiger partial charge in [-0.25, -0.2) is 4.98 Å². The zero-order valence-corrected chi connectivity index (χ0v) is 15.3. The lowest BCUT2D eigenvalue weighted by molar-refractivity contribution is -0.116. The molecule has 26 heavy (non-hydrogen) atoms. The third-order valence-corrected chi connectivity index (χ3v) is 5.14. The van der Waals surface area contributed by atoms with E-state index in [2.05, 4.69) is 27.4 Å². The number of nitrogens with one attached hydrogen (secondary N) is 2. The maximum atomic E-state index is 12.2. The summed E-state index contributed by atoms with van der Waals surface area (Å²) < 4.78 is 0. The highest BCUT2D eigenvalue weighted by molar-refractivity contribution is 7.14. The van der Waals surface area contributed by atoms with Crippen LogP contribution in [0.4, 0.5) is 5.13 Å². The number of H-pyrrole nitrogens is 1. The van der Waals surface area contributed by atoms with Crippen molar-refractivity contribution in [1.29, 1.82) is 0 Å². The Kier molecular flexibility index (Phi) is 4.54. The van der Waals surface area contributed by atoms with Crippen molar-refractivity contribution in [1.82, 2.24) is 9.97 Å². The summed E-state index contributed by atoms with van der Waals surface area (Å²) in [4.78, 5) is 20.2. The number of carbonyl (C=O) groups is 1. The lowest BCUT2D eigenvalue weighted by Gasteiger charge is -2.02. The predicted octanol–water partition coefficient (Wildman–Crippen LogP) is 5.17. The van der Waals surface area contributed by atoms with Gasteiger partial charge in [-0.1, -0.05) is 48.5 Å². The molecule has 2 N–H and O–H groups in total. The van der Waals surface area contributed by atoms with Crippen LogP contribution in [0.25, 0.3) is 22.2 Å². The molecule has 2 aromatic carbocycles. The number of aryl methyl sites for hydroxylation is 2. The molecule has 4 aromatic rings. The van der Waals surface area contributed by atoms with Crippen molar-refractivity contribution in [3.8, 4) is 11.3 Å². The van der Waals surface area contributed by atoms with E-state index in [1.54, 1.807) is 0 Å². The summed E-state index contributed by atoms with van der Waals surface area (Å²) in [6.07, 6.45) is 1.18. The van der Waals surface area contributed by atoms with Crippen molar-refractivity contribution >= 4 is 33.3 Å². The highest BCUT2D eigenvalue weighted by Crippen LogP contribution is 2.33. The molecule has 0 spiro atoms. The molecular weight excluding hydrogens is 342 g/mol. The maximum Gasteiger partial charge on any atom is 0.226 e. The van der Waals surface area contributed by atoms with Crippen molar-refractivity contribution < 1.29 is 4.79 Å². The molecule has 0 aliphatic rings. The van der Waals surface area contributed by atoms with Gasteiger partial charge in [0.15, 0.2) is 5.13 Å². The molecule has 2 aromatic heterocycles. The molecule has 0 atom stereocenters. The number of aromatic amines is 1. The van der Waals surface area contributed by atoms with Crippen LogP contribution in [0.5, 0.6) is 0 Å².